The lowest BCUT2D eigenvalue weighted by Gasteiger charge is -1.88. The van der Waals surface area contributed by atoms with Gasteiger partial charge in [0, 0.05) is 6.08 Å². The van der Waals surface area contributed by atoms with E-state index in [1.165, 1.54) is 14.2 Å². The summed E-state index contributed by atoms with van der Waals surface area (Å²) in [5.41, 5.74) is 4.61. The molecule has 0 heterocycles. The summed E-state index contributed by atoms with van der Waals surface area (Å²) < 4.78 is 0. The van der Waals surface area contributed by atoms with E-state index in [0.717, 1.165) is 12.3 Å². The number of amides is 1. The van der Waals surface area contributed by atoms with Crippen LogP contribution >= 0.6 is 0 Å². The van der Waals surface area contributed by atoms with E-state index in [9.17, 15) is 9.59 Å². The summed E-state index contributed by atoms with van der Waals surface area (Å²) in [6, 6.07) is 0. The first-order valence-electron chi connectivity index (χ1n) is 3.31. The van der Waals surface area contributed by atoms with Crippen LogP contribution in [0.1, 0.15) is 0 Å². The Kier molecular flexibility index (Phi) is 11.6. The molecule has 80 valence electrons. The number of carbonyl (C=O) groups excluding carboxylic acids is 2. The zero-order chi connectivity index (χ0) is 11.4. The molecule has 0 rings (SSSR count). The third-order valence-corrected chi connectivity index (χ3v) is 0.617. The average Bonchev–Trinajstić information content (AvgIpc) is 2.16. The molecule has 0 saturated carbocycles. The van der Waals surface area contributed by atoms with Gasteiger partial charge in [-0.2, -0.15) is 4.89 Å². The van der Waals surface area contributed by atoms with Gasteiger partial charge >= 0.3 is 5.97 Å². The summed E-state index contributed by atoms with van der Waals surface area (Å²) in [6.07, 6.45) is 1.91. The highest BCUT2D eigenvalue weighted by molar-refractivity contribution is 6.25. The van der Waals surface area contributed by atoms with E-state index in [2.05, 4.69) is 32.1 Å². The van der Waals surface area contributed by atoms with Crippen LogP contribution in [-0.2, 0) is 24.2 Å². The average molecular weight is 204 g/mol. The minimum absolute atomic E-state index is 0.581. The number of rotatable bonds is 4. The number of oxime groups is 1. The second kappa shape index (κ2) is 11.1. The predicted octanol–water partition coefficient (Wildman–Crippen LogP) is -0.619. The molecule has 0 bridgehead atoms. The molecule has 0 fully saturated rings. The zero-order valence-corrected chi connectivity index (χ0v) is 7.93. The van der Waals surface area contributed by atoms with Gasteiger partial charge in [-0.25, -0.2) is 4.79 Å². The molecule has 1 amide bonds. The van der Waals surface area contributed by atoms with Crippen LogP contribution in [0.5, 0.6) is 0 Å². The van der Waals surface area contributed by atoms with Crippen LogP contribution in [0.15, 0.2) is 17.8 Å². The van der Waals surface area contributed by atoms with Crippen LogP contribution in [0, 0.1) is 0 Å². The van der Waals surface area contributed by atoms with E-state index in [1.54, 1.807) is 0 Å². The first kappa shape index (κ1) is 14.6. The molecule has 0 aromatic heterocycles. The Balaban J connectivity index is 0. The minimum atomic E-state index is -0.609. The molecular weight excluding hydrogens is 192 g/mol. The maximum absolute atomic E-state index is 9.95. The quantitative estimate of drug-likeness (QED) is 0.284. The maximum atomic E-state index is 9.95. The molecule has 0 aliphatic carbocycles. The normalized spacial score (nSPS) is 8.43. The fourth-order valence-corrected chi connectivity index (χ4v) is 0.221. The van der Waals surface area contributed by atoms with Crippen LogP contribution in [-0.4, -0.2) is 32.3 Å². The minimum Gasteiger partial charge on any atom is -0.399 e. The summed E-state index contributed by atoms with van der Waals surface area (Å²) in [7, 11) is 2.58. The molecule has 0 aliphatic heterocycles. The van der Waals surface area contributed by atoms with Crippen molar-refractivity contribution in [1.82, 2.24) is 0 Å². The smallest absolute Gasteiger partial charge is 0.365 e. The molecule has 7 nitrogen and oxygen atoms in total. The van der Waals surface area contributed by atoms with Gasteiger partial charge in [-0.15, -0.1) is 0 Å². The summed E-state index contributed by atoms with van der Waals surface area (Å²) in [5.74, 6) is -1.19. The number of primary amides is 1. The van der Waals surface area contributed by atoms with Gasteiger partial charge in [0.05, 0.1) is 7.11 Å². The van der Waals surface area contributed by atoms with Crippen molar-refractivity contribution < 1.29 is 24.2 Å². The summed E-state index contributed by atoms with van der Waals surface area (Å²) in [5, 5.41) is 3.07. The highest BCUT2D eigenvalue weighted by Gasteiger charge is 1.88. The summed E-state index contributed by atoms with van der Waals surface area (Å²) >= 11 is 0. The van der Waals surface area contributed by atoms with Crippen molar-refractivity contribution in [2.45, 2.75) is 0 Å². The highest BCUT2D eigenvalue weighted by Crippen LogP contribution is 1.74. The zero-order valence-electron chi connectivity index (χ0n) is 7.93. The van der Waals surface area contributed by atoms with Gasteiger partial charge in [0.25, 0.3) is 5.91 Å². The molecule has 0 aliphatic rings. The van der Waals surface area contributed by atoms with E-state index < -0.39 is 11.9 Å². The molecule has 0 atom stereocenters. The topological polar surface area (TPSA) is 100 Å². The molecule has 14 heavy (non-hydrogen) atoms. The molecule has 0 aromatic carbocycles. The van der Waals surface area contributed by atoms with Gasteiger partial charge in [-0.1, -0.05) is 11.7 Å². The molecule has 0 radical (unpaired) electrons. The first-order valence-corrected chi connectivity index (χ1v) is 3.31. The molecule has 0 unspecified atom stereocenters. The molecular formula is C7H12N2O5. The van der Waals surface area contributed by atoms with Gasteiger partial charge in [-0.05, 0) is 0 Å². The fourth-order valence-electron chi connectivity index (χ4n) is 0.221. The van der Waals surface area contributed by atoms with Crippen LogP contribution in [0.3, 0.4) is 0 Å². The van der Waals surface area contributed by atoms with Crippen molar-refractivity contribution in [2.24, 2.45) is 10.9 Å². The van der Waals surface area contributed by atoms with E-state index in [1.807, 2.05) is 0 Å². The monoisotopic (exact) mass is 204 g/mol. The number of nitrogens with two attached hydrogens (primary N) is 1. The largest absolute Gasteiger partial charge is 0.399 e. The van der Waals surface area contributed by atoms with Crippen molar-refractivity contribution in [1.29, 1.82) is 0 Å². The number of carbonyl (C=O) groups is 2. The molecule has 7 heteroatoms. The van der Waals surface area contributed by atoms with Crippen molar-refractivity contribution in [3.05, 3.63) is 12.7 Å². The van der Waals surface area contributed by atoms with Gasteiger partial charge in [0.2, 0.25) is 0 Å². The van der Waals surface area contributed by atoms with Gasteiger partial charge in [0.1, 0.15) is 13.3 Å². The van der Waals surface area contributed by atoms with E-state index in [4.69, 9.17) is 0 Å². The van der Waals surface area contributed by atoms with E-state index in [0.29, 0.717) is 0 Å². The Hall–Kier alpha value is -1.89. The predicted molar refractivity (Wildman–Crippen MR) is 48.0 cm³/mol. The van der Waals surface area contributed by atoms with Crippen LogP contribution in [0.4, 0.5) is 0 Å². The SMILES string of the molecule is C=CC(=O)OOC.CON=CC(N)=O. The van der Waals surface area contributed by atoms with Crippen LogP contribution in [0.25, 0.3) is 0 Å². The lowest BCUT2D eigenvalue weighted by molar-refractivity contribution is -0.249. The van der Waals surface area contributed by atoms with Crippen molar-refractivity contribution >= 4 is 18.1 Å². The summed E-state index contributed by atoms with van der Waals surface area (Å²) in [4.78, 5) is 31.7. The molecule has 0 spiro atoms. The van der Waals surface area contributed by atoms with Crippen molar-refractivity contribution in [2.75, 3.05) is 14.2 Å². The van der Waals surface area contributed by atoms with E-state index in [-0.39, 0.29) is 0 Å². The highest BCUT2D eigenvalue weighted by atomic mass is 17.2. The van der Waals surface area contributed by atoms with Crippen LogP contribution in [0.2, 0.25) is 0 Å². The lowest BCUT2D eigenvalue weighted by Crippen LogP contribution is -2.11. The number of hydrogen-bond donors (Lipinski definition) is 1. The van der Waals surface area contributed by atoms with Gasteiger partial charge < -0.3 is 10.6 Å². The third-order valence-electron chi connectivity index (χ3n) is 0.617. The maximum Gasteiger partial charge on any atom is 0.365 e. The third kappa shape index (κ3) is 16.6. The standard InChI is InChI=1S/C4H6O3.C3H6N2O2/c1-3-4(5)7-6-2;1-7-5-2-3(4)6/h3H,1H2,2H3;2H,1H3,(H2,4,6). The number of hydrogen-bond acceptors (Lipinski definition) is 6. The molecule has 0 saturated heterocycles. The Labute approximate surface area is 81.0 Å². The van der Waals surface area contributed by atoms with Crippen LogP contribution < -0.4 is 5.73 Å². The Bertz CT molecular complexity index is 214. The first-order chi connectivity index (χ1) is 6.58. The summed E-state index contributed by atoms with van der Waals surface area (Å²) in [6.45, 7) is 3.12. The Morgan fingerprint density at radius 3 is 2.14 bits per heavy atom. The van der Waals surface area contributed by atoms with Crippen molar-refractivity contribution in [3.63, 3.8) is 0 Å². The Morgan fingerprint density at radius 1 is 1.43 bits per heavy atom. The second-order valence-corrected chi connectivity index (χ2v) is 1.59. The fraction of sp³-hybridized carbons (Fsp3) is 0.286. The van der Waals surface area contributed by atoms with Gasteiger partial charge in [0.15, 0.2) is 0 Å². The van der Waals surface area contributed by atoms with E-state index >= 15 is 0 Å². The molecule has 0 aromatic rings. The number of nitrogens with zero attached hydrogens (tertiary/aromatic N) is 1. The molecule has 2 N–H and O–H groups in total. The van der Waals surface area contributed by atoms with Gasteiger partial charge in [-0.3, -0.25) is 9.68 Å². The Morgan fingerprint density at radius 2 is 2.00 bits per heavy atom. The lowest BCUT2D eigenvalue weighted by atomic mass is 10.7. The van der Waals surface area contributed by atoms with Crippen molar-refractivity contribution in [3.8, 4) is 0 Å². The second-order valence-electron chi connectivity index (χ2n) is 1.59.